The first kappa shape index (κ1) is 11.9. The molecule has 0 amide bonds. The monoisotopic (exact) mass is 230 g/mol. The first-order valence-corrected chi connectivity index (χ1v) is 5.88. The van der Waals surface area contributed by atoms with Crippen molar-refractivity contribution in [2.24, 2.45) is 10.7 Å². The molecular weight excluding hydrogens is 212 g/mol. The molecule has 1 atom stereocenters. The minimum Gasteiger partial charge on any atom is -0.508 e. The van der Waals surface area contributed by atoms with Crippen molar-refractivity contribution in [1.29, 1.82) is 0 Å². The fraction of sp³-hybridized carbons (Fsp3) is 0.357. The number of aliphatic imine (C=N–C) groups is 1. The maximum atomic E-state index is 9.65. The molecule has 0 saturated carbocycles. The maximum Gasteiger partial charge on any atom is 0.116 e. The van der Waals surface area contributed by atoms with Gasteiger partial charge in [0.25, 0.3) is 0 Å². The molecule has 1 aromatic rings. The van der Waals surface area contributed by atoms with Gasteiger partial charge in [-0.2, -0.15) is 0 Å². The van der Waals surface area contributed by atoms with E-state index in [-0.39, 0.29) is 11.8 Å². The minimum absolute atomic E-state index is 0.252. The van der Waals surface area contributed by atoms with Gasteiger partial charge in [-0.15, -0.1) is 0 Å². The Hall–Kier alpha value is -1.61. The number of aryl methyl sites for hydroxylation is 1. The van der Waals surface area contributed by atoms with Crippen LogP contribution in [0.15, 0.2) is 28.9 Å². The number of nitrogens with zero attached hydrogens (tertiary/aromatic N) is 1. The van der Waals surface area contributed by atoms with Crippen LogP contribution in [0.25, 0.3) is 0 Å². The van der Waals surface area contributed by atoms with Gasteiger partial charge in [0.15, 0.2) is 0 Å². The Morgan fingerprint density at radius 1 is 1.29 bits per heavy atom. The van der Waals surface area contributed by atoms with Crippen molar-refractivity contribution in [3.05, 3.63) is 40.6 Å². The topological polar surface area (TPSA) is 58.6 Å². The summed E-state index contributed by atoms with van der Waals surface area (Å²) in [5.41, 5.74) is 10.2. The van der Waals surface area contributed by atoms with Crippen LogP contribution < -0.4 is 5.73 Å². The molecule has 1 aliphatic rings. The zero-order valence-corrected chi connectivity index (χ0v) is 10.3. The van der Waals surface area contributed by atoms with Gasteiger partial charge in [-0.3, -0.25) is 4.99 Å². The number of benzene rings is 1. The first-order valence-electron chi connectivity index (χ1n) is 5.88. The summed E-state index contributed by atoms with van der Waals surface area (Å²) in [5.74, 6) is 0.263. The Morgan fingerprint density at radius 2 is 2.06 bits per heavy atom. The van der Waals surface area contributed by atoms with Gasteiger partial charge in [0, 0.05) is 6.21 Å². The summed E-state index contributed by atoms with van der Waals surface area (Å²) in [6.07, 6.45) is 5.95. The molecule has 90 valence electrons. The quantitative estimate of drug-likeness (QED) is 0.820. The molecule has 17 heavy (non-hydrogen) atoms. The maximum absolute atomic E-state index is 9.65. The zero-order valence-electron chi connectivity index (χ0n) is 10.3. The van der Waals surface area contributed by atoms with Crippen LogP contribution in [-0.2, 0) is 0 Å². The standard InChI is InChI=1S/C14H18N2O/c1-9-7-11(17)8-12(10(9)2)14(15)13-5-3-4-6-16-13/h5-8,14,17H,3-4,15H2,1-2H3. The molecule has 0 bridgehead atoms. The molecule has 1 heterocycles. The van der Waals surface area contributed by atoms with Gasteiger partial charge >= 0.3 is 0 Å². The van der Waals surface area contributed by atoms with Gasteiger partial charge in [-0.05, 0) is 55.5 Å². The molecular formula is C14H18N2O. The third kappa shape index (κ3) is 2.39. The van der Waals surface area contributed by atoms with Gasteiger partial charge in [-0.1, -0.05) is 6.08 Å². The lowest BCUT2D eigenvalue weighted by atomic mass is 9.94. The van der Waals surface area contributed by atoms with E-state index < -0.39 is 0 Å². The molecule has 3 nitrogen and oxygen atoms in total. The number of phenolic OH excluding ortho intramolecular Hbond substituents is 1. The molecule has 0 fully saturated rings. The van der Waals surface area contributed by atoms with E-state index in [1.807, 2.05) is 20.1 Å². The predicted octanol–water partition coefficient (Wildman–Crippen LogP) is 2.76. The van der Waals surface area contributed by atoms with Crippen molar-refractivity contribution in [2.75, 3.05) is 0 Å². The molecule has 0 saturated heterocycles. The molecule has 3 heteroatoms. The lowest BCUT2D eigenvalue weighted by Crippen LogP contribution is -2.15. The average molecular weight is 230 g/mol. The summed E-state index contributed by atoms with van der Waals surface area (Å²) in [5, 5.41) is 9.65. The second-order valence-electron chi connectivity index (χ2n) is 4.47. The van der Waals surface area contributed by atoms with E-state index in [4.69, 9.17) is 5.73 Å². The number of hydrogen-bond acceptors (Lipinski definition) is 3. The summed E-state index contributed by atoms with van der Waals surface area (Å²) >= 11 is 0. The highest BCUT2D eigenvalue weighted by Gasteiger charge is 2.16. The molecule has 0 aromatic heterocycles. The van der Waals surface area contributed by atoms with E-state index in [1.54, 1.807) is 12.1 Å². The first-order chi connectivity index (χ1) is 8.09. The minimum atomic E-state index is -0.252. The van der Waals surface area contributed by atoms with Gasteiger partial charge in [0.1, 0.15) is 5.75 Å². The molecule has 1 aliphatic heterocycles. The van der Waals surface area contributed by atoms with E-state index in [0.717, 1.165) is 35.2 Å². The number of rotatable bonds is 2. The summed E-state index contributed by atoms with van der Waals surface area (Å²) in [7, 11) is 0. The van der Waals surface area contributed by atoms with Crippen LogP contribution in [-0.4, -0.2) is 11.3 Å². The fourth-order valence-corrected chi connectivity index (χ4v) is 2.09. The van der Waals surface area contributed by atoms with Gasteiger partial charge in [0.2, 0.25) is 0 Å². The van der Waals surface area contributed by atoms with E-state index in [1.165, 1.54) is 0 Å². The molecule has 0 spiro atoms. The van der Waals surface area contributed by atoms with E-state index in [0.29, 0.717) is 0 Å². The normalized spacial score (nSPS) is 16.8. The summed E-state index contributed by atoms with van der Waals surface area (Å²) < 4.78 is 0. The van der Waals surface area contributed by atoms with Crippen LogP contribution in [0.1, 0.15) is 35.6 Å². The molecule has 1 unspecified atom stereocenters. The van der Waals surface area contributed by atoms with Crippen molar-refractivity contribution in [3.8, 4) is 5.75 Å². The van der Waals surface area contributed by atoms with Crippen molar-refractivity contribution >= 4 is 6.21 Å². The number of aromatic hydroxyl groups is 1. The number of phenols is 1. The number of allylic oxidation sites excluding steroid dienone is 1. The summed E-state index contributed by atoms with van der Waals surface area (Å²) in [6.45, 7) is 4.00. The van der Waals surface area contributed by atoms with E-state index >= 15 is 0 Å². The van der Waals surface area contributed by atoms with Crippen molar-refractivity contribution in [2.45, 2.75) is 32.7 Å². The van der Waals surface area contributed by atoms with E-state index in [9.17, 15) is 5.11 Å². The molecule has 3 N–H and O–H groups in total. The van der Waals surface area contributed by atoms with Crippen LogP contribution in [0.2, 0.25) is 0 Å². The third-order valence-corrected chi connectivity index (χ3v) is 3.24. The van der Waals surface area contributed by atoms with Crippen LogP contribution in [0.3, 0.4) is 0 Å². The van der Waals surface area contributed by atoms with Gasteiger partial charge in [0.05, 0.1) is 11.7 Å². The highest BCUT2D eigenvalue weighted by atomic mass is 16.3. The Morgan fingerprint density at radius 3 is 2.71 bits per heavy atom. The smallest absolute Gasteiger partial charge is 0.116 e. The molecule has 0 radical (unpaired) electrons. The predicted molar refractivity (Wildman–Crippen MR) is 70.3 cm³/mol. The average Bonchev–Trinajstić information content (AvgIpc) is 2.34. The molecule has 1 aromatic carbocycles. The van der Waals surface area contributed by atoms with Crippen molar-refractivity contribution in [3.63, 3.8) is 0 Å². The number of hydrogen-bond donors (Lipinski definition) is 2. The Bertz CT molecular complexity index is 489. The Kier molecular flexibility index (Phi) is 3.29. The highest BCUT2D eigenvalue weighted by Crippen LogP contribution is 2.29. The second-order valence-corrected chi connectivity index (χ2v) is 4.47. The summed E-state index contributed by atoms with van der Waals surface area (Å²) in [6, 6.07) is 3.24. The zero-order chi connectivity index (χ0) is 12.4. The lowest BCUT2D eigenvalue weighted by Gasteiger charge is -2.19. The molecule has 2 rings (SSSR count). The van der Waals surface area contributed by atoms with Crippen molar-refractivity contribution < 1.29 is 5.11 Å². The van der Waals surface area contributed by atoms with Gasteiger partial charge < -0.3 is 10.8 Å². The van der Waals surface area contributed by atoms with Crippen molar-refractivity contribution in [1.82, 2.24) is 0 Å². The van der Waals surface area contributed by atoms with E-state index in [2.05, 4.69) is 11.1 Å². The molecule has 0 aliphatic carbocycles. The summed E-state index contributed by atoms with van der Waals surface area (Å²) in [4.78, 5) is 4.34. The van der Waals surface area contributed by atoms with Crippen LogP contribution in [0.5, 0.6) is 5.75 Å². The fourth-order valence-electron chi connectivity index (χ4n) is 2.09. The highest BCUT2D eigenvalue weighted by molar-refractivity contribution is 5.61. The third-order valence-electron chi connectivity index (χ3n) is 3.24. The largest absolute Gasteiger partial charge is 0.508 e. The Balaban J connectivity index is 2.40. The van der Waals surface area contributed by atoms with Gasteiger partial charge in [-0.25, -0.2) is 0 Å². The lowest BCUT2D eigenvalue weighted by molar-refractivity contribution is 0.473. The van der Waals surface area contributed by atoms with Crippen LogP contribution in [0, 0.1) is 13.8 Å². The van der Waals surface area contributed by atoms with Crippen LogP contribution >= 0.6 is 0 Å². The second kappa shape index (κ2) is 4.72. The SMILES string of the molecule is Cc1cc(O)cc(C(N)C2=CCCC=N2)c1C. The van der Waals surface area contributed by atoms with Crippen LogP contribution in [0.4, 0.5) is 0 Å². The number of nitrogens with two attached hydrogens (primary N) is 1. The Labute approximate surface area is 102 Å².